The van der Waals surface area contributed by atoms with Crippen LogP contribution in [0.5, 0.6) is 0 Å². The average molecular weight is 565 g/mol. The number of nitrogens with zero attached hydrogens (tertiary/aromatic N) is 2. The Morgan fingerprint density at radius 1 is 1.03 bits per heavy atom. The van der Waals surface area contributed by atoms with Gasteiger partial charge in [-0.1, -0.05) is 56.1 Å². The maximum Gasteiger partial charge on any atom is 0.330 e. The summed E-state index contributed by atoms with van der Waals surface area (Å²) in [5, 5.41) is 2.88. The van der Waals surface area contributed by atoms with Crippen molar-refractivity contribution in [3.05, 3.63) is 68.1 Å². The van der Waals surface area contributed by atoms with Crippen LogP contribution in [0.15, 0.2) is 51.4 Å². The summed E-state index contributed by atoms with van der Waals surface area (Å²) in [6.07, 6.45) is 1.04. The van der Waals surface area contributed by atoms with Crippen LogP contribution in [0.1, 0.15) is 22.7 Å². The van der Waals surface area contributed by atoms with Gasteiger partial charge in [0.05, 0.1) is 18.8 Å². The quantitative estimate of drug-likeness (QED) is 0.503. The fraction of sp³-hybridized carbons (Fsp3) is 0.435. The molecular formula is C23H27Br2N5O2. The van der Waals surface area contributed by atoms with Crippen molar-refractivity contribution in [3.63, 3.8) is 0 Å². The van der Waals surface area contributed by atoms with E-state index in [9.17, 15) is 4.79 Å². The van der Waals surface area contributed by atoms with Gasteiger partial charge in [0.1, 0.15) is 6.17 Å². The first-order chi connectivity index (χ1) is 15.5. The number of carbonyl (C=O) groups is 1. The van der Waals surface area contributed by atoms with E-state index in [4.69, 9.17) is 4.74 Å². The van der Waals surface area contributed by atoms with Crippen LogP contribution in [-0.2, 0) is 17.8 Å². The molecule has 2 amide bonds. The molecule has 2 heterocycles. The first-order valence-electron chi connectivity index (χ1n) is 11.0. The molecule has 0 aromatic heterocycles. The van der Waals surface area contributed by atoms with Crippen molar-refractivity contribution in [2.75, 3.05) is 32.7 Å². The Labute approximate surface area is 205 Å². The maximum absolute atomic E-state index is 11.3. The summed E-state index contributed by atoms with van der Waals surface area (Å²) in [6, 6.07) is 15.1. The summed E-state index contributed by atoms with van der Waals surface area (Å²) in [5.41, 5.74) is 9.54. The second kappa shape index (κ2) is 9.79. The lowest BCUT2D eigenvalue weighted by Crippen LogP contribution is -2.53. The van der Waals surface area contributed by atoms with Crippen LogP contribution < -0.4 is 16.2 Å². The molecule has 32 heavy (non-hydrogen) atoms. The van der Waals surface area contributed by atoms with Gasteiger partial charge < -0.3 is 10.1 Å². The van der Waals surface area contributed by atoms with E-state index in [1.807, 2.05) is 6.07 Å². The average Bonchev–Trinajstić information content (AvgIpc) is 3.35. The van der Waals surface area contributed by atoms with E-state index in [0.29, 0.717) is 6.61 Å². The van der Waals surface area contributed by atoms with Crippen LogP contribution in [0.2, 0.25) is 0 Å². The molecule has 1 unspecified atom stereocenters. The molecule has 0 radical (unpaired) electrons. The number of hydrazine groups is 1. The molecule has 3 N–H and O–H groups in total. The Hall–Kier alpha value is -1.49. The van der Waals surface area contributed by atoms with Crippen molar-refractivity contribution >= 4 is 37.9 Å². The van der Waals surface area contributed by atoms with Gasteiger partial charge in [-0.25, -0.2) is 10.2 Å². The number of benzene rings is 2. The monoisotopic (exact) mass is 563 g/mol. The molecule has 5 rings (SSSR count). The number of carbonyl (C=O) groups excluding carboxylic acids is 1. The van der Waals surface area contributed by atoms with E-state index in [2.05, 4.69) is 94.2 Å². The Bertz CT molecular complexity index is 962. The van der Waals surface area contributed by atoms with Crippen LogP contribution in [0, 0.1) is 0 Å². The van der Waals surface area contributed by atoms with Crippen LogP contribution in [-0.4, -0.2) is 60.8 Å². The summed E-state index contributed by atoms with van der Waals surface area (Å²) in [5.74, 6) is 0. The van der Waals surface area contributed by atoms with Crippen LogP contribution in [0.3, 0.4) is 0 Å². The highest BCUT2D eigenvalue weighted by atomic mass is 79.9. The molecule has 0 bridgehead atoms. The van der Waals surface area contributed by atoms with E-state index in [1.165, 1.54) is 11.1 Å². The lowest BCUT2D eigenvalue weighted by atomic mass is 10.0. The molecule has 2 fully saturated rings. The number of hydrogen-bond acceptors (Lipinski definition) is 5. The van der Waals surface area contributed by atoms with Gasteiger partial charge >= 0.3 is 6.03 Å². The molecule has 0 saturated carbocycles. The van der Waals surface area contributed by atoms with Crippen molar-refractivity contribution in [2.24, 2.45) is 0 Å². The molecule has 3 atom stereocenters. The van der Waals surface area contributed by atoms with E-state index in [-0.39, 0.29) is 24.3 Å². The summed E-state index contributed by atoms with van der Waals surface area (Å²) in [6.45, 7) is 5.29. The van der Waals surface area contributed by atoms with Gasteiger partial charge in [0.15, 0.2) is 0 Å². The predicted molar refractivity (Wildman–Crippen MR) is 130 cm³/mol. The van der Waals surface area contributed by atoms with Crippen molar-refractivity contribution < 1.29 is 9.53 Å². The summed E-state index contributed by atoms with van der Waals surface area (Å²) >= 11 is 7.15. The van der Waals surface area contributed by atoms with E-state index in [1.54, 1.807) is 0 Å². The second-order valence-electron chi connectivity index (χ2n) is 8.61. The highest BCUT2D eigenvalue weighted by Gasteiger charge is 2.38. The fourth-order valence-corrected chi connectivity index (χ4v) is 6.36. The van der Waals surface area contributed by atoms with Crippen molar-refractivity contribution in [1.82, 2.24) is 26.0 Å². The highest BCUT2D eigenvalue weighted by Crippen LogP contribution is 2.38. The minimum absolute atomic E-state index is 0.0399. The Morgan fingerprint density at radius 3 is 2.50 bits per heavy atom. The number of ether oxygens (including phenoxy) is 1. The minimum Gasteiger partial charge on any atom is -0.371 e. The third-order valence-electron chi connectivity index (χ3n) is 6.44. The standard InChI is InChI=1S/C23H27Br2N5O2/c24-17-9-15(10-18(25)12-17)14-32-20-11-16-3-1-2-4-19(16)22(20)30-7-5-29(6-8-30)13-21-26-23(31)28-27-21/h1-4,9-10,12,20-22,27H,5-8,11,13-14H2,(H2,26,28,31)/t20-,21?,22-/m1/s1. The first kappa shape index (κ1) is 22.3. The Kier molecular flexibility index (Phi) is 6.82. The molecule has 9 heteroatoms. The lowest BCUT2D eigenvalue weighted by molar-refractivity contribution is -0.0294. The SMILES string of the molecule is O=C1NNC(CN2CCN([C@@H]3c4ccccc4C[C@H]3OCc3cc(Br)cc(Br)c3)CC2)N1. The van der Waals surface area contributed by atoms with E-state index < -0.39 is 0 Å². The largest absolute Gasteiger partial charge is 0.371 e. The van der Waals surface area contributed by atoms with Crippen molar-refractivity contribution in [2.45, 2.75) is 31.3 Å². The van der Waals surface area contributed by atoms with Gasteiger partial charge in [-0.05, 0) is 34.9 Å². The molecule has 2 saturated heterocycles. The fourth-order valence-electron chi connectivity index (χ4n) is 4.97. The lowest BCUT2D eigenvalue weighted by Gasteiger charge is -2.40. The number of hydrogen-bond donors (Lipinski definition) is 3. The van der Waals surface area contributed by atoms with Gasteiger partial charge in [-0.2, -0.15) is 0 Å². The van der Waals surface area contributed by atoms with Gasteiger partial charge in [0, 0.05) is 48.1 Å². The van der Waals surface area contributed by atoms with E-state index >= 15 is 0 Å². The zero-order valence-corrected chi connectivity index (χ0v) is 20.9. The summed E-state index contributed by atoms with van der Waals surface area (Å²) < 4.78 is 8.63. The van der Waals surface area contributed by atoms with Gasteiger partial charge in [-0.3, -0.25) is 15.2 Å². The number of fused-ring (bicyclic) bond motifs is 1. The number of amides is 2. The molecule has 0 spiro atoms. The third kappa shape index (κ3) is 5.03. The predicted octanol–water partition coefficient (Wildman–Crippen LogP) is 3.16. The van der Waals surface area contributed by atoms with Gasteiger partial charge in [0.2, 0.25) is 0 Å². The molecule has 7 nitrogen and oxygen atoms in total. The molecule has 2 aromatic carbocycles. The smallest absolute Gasteiger partial charge is 0.330 e. The molecule has 2 aliphatic heterocycles. The van der Waals surface area contributed by atoms with Crippen molar-refractivity contribution in [3.8, 4) is 0 Å². The van der Waals surface area contributed by atoms with Crippen LogP contribution in [0.25, 0.3) is 0 Å². The van der Waals surface area contributed by atoms with Crippen LogP contribution in [0.4, 0.5) is 4.79 Å². The molecule has 2 aromatic rings. The van der Waals surface area contributed by atoms with Crippen molar-refractivity contribution in [1.29, 1.82) is 0 Å². The number of piperazine rings is 1. The van der Waals surface area contributed by atoms with Gasteiger partial charge in [0.25, 0.3) is 0 Å². The molecular weight excluding hydrogens is 538 g/mol. The maximum atomic E-state index is 11.3. The molecule has 170 valence electrons. The first-order valence-corrected chi connectivity index (χ1v) is 12.6. The second-order valence-corrected chi connectivity index (χ2v) is 10.4. The Morgan fingerprint density at radius 2 is 1.78 bits per heavy atom. The Balaban J connectivity index is 1.24. The minimum atomic E-state index is -0.159. The molecule has 3 aliphatic rings. The molecule has 1 aliphatic carbocycles. The van der Waals surface area contributed by atoms with Crippen LogP contribution >= 0.6 is 31.9 Å². The number of nitrogens with one attached hydrogen (secondary N) is 3. The summed E-state index contributed by atoms with van der Waals surface area (Å²) in [4.78, 5) is 16.3. The zero-order chi connectivity index (χ0) is 22.1. The number of urea groups is 1. The third-order valence-corrected chi connectivity index (χ3v) is 7.36. The normalized spacial score (nSPS) is 26.1. The van der Waals surface area contributed by atoms with E-state index in [0.717, 1.165) is 53.7 Å². The number of halogens is 2. The topological polar surface area (TPSA) is 68.9 Å². The number of rotatable bonds is 6. The van der Waals surface area contributed by atoms with Gasteiger partial charge in [-0.15, -0.1) is 0 Å². The summed E-state index contributed by atoms with van der Waals surface area (Å²) in [7, 11) is 0. The highest BCUT2D eigenvalue weighted by molar-refractivity contribution is 9.11. The zero-order valence-electron chi connectivity index (χ0n) is 17.7.